The van der Waals surface area contributed by atoms with Crippen molar-refractivity contribution < 1.29 is 14.3 Å². The third kappa shape index (κ3) is 5.29. The minimum atomic E-state index is -0.643. The molecule has 5 heteroatoms. The Morgan fingerprint density at radius 2 is 2.05 bits per heavy atom. The number of carbonyl (C=O) groups is 1. The van der Waals surface area contributed by atoms with Crippen molar-refractivity contribution >= 4 is 29.2 Å². The van der Waals surface area contributed by atoms with Crippen LogP contribution in [0, 0.1) is 0 Å². The molecule has 0 aliphatic rings. The maximum atomic E-state index is 11.8. The molecule has 1 aromatic rings. The first kappa shape index (κ1) is 16.1. The van der Waals surface area contributed by atoms with Crippen molar-refractivity contribution in [2.24, 2.45) is 0 Å². The second-order valence-corrected chi connectivity index (χ2v) is 4.95. The number of rotatable bonds is 7. The number of hydrogen-bond acceptors (Lipinski definition) is 3. The molecule has 1 atom stereocenters. The third-order valence-electron chi connectivity index (χ3n) is 2.54. The predicted molar refractivity (Wildman–Crippen MR) is 77.0 cm³/mol. The van der Waals surface area contributed by atoms with Gasteiger partial charge in [-0.3, -0.25) is 0 Å². The Morgan fingerprint density at radius 1 is 1.32 bits per heavy atom. The summed E-state index contributed by atoms with van der Waals surface area (Å²) < 4.78 is 10.7. The highest BCUT2D eigenvalue weighted by Gasteiger charge is 2.21. The van der Waals surface area contributed by atoms with Gasteiger partial charge < -0.3 is 9.47 Å². The summed E-state index contributed by atoms with van der Waals surface area (Å²) in [5, 5.41) is 0.906. The first-order valence-electron chi connectivity index (χ1n) is 6.36. The lowest BCUT2D eigenvalue weighted by molar-refractivity contribution is -0.152. The van der Waals surface area contributed by atoms with Crippen LogP contribution in [0.25, 0.3) is 0 Å². The van der Waals surface area contributed by atoms with E-state index in [0.717, 1.165) is 12.8 Å². The Hall–Kier alpha value is -0.930. The third-order valence-corrected chi connectivity index (χ3v) is 3.07. The second kappa shape index (κ2) is 8.28. The van der Waals surface area contributed by atoms with E-state index in [9.17, 15) is 4.79 Å². The standard InChI is InChI=1S/C14H18Cl2O3/c1-3-5-8-18-14(17)12(4-2)19-13-7-6-10(15)9-11(13)16/h6-7,9,12H,3-5,8H2,1-2H3. The van der Waals surface area contributed by atoms with Crippen LogP contribution in [0.4, 0.5) is 0 Å². The fourth-order valence-electron chi connectivity index (χ4n) is 1.43. The van der Waals surface area contributed by atoms with Crippen LogP contribution in [-0.2, 0) is 9.53 Å². The zero-order chi connectivity index (χ0) is 14.3. The van der Waals surface area contributed by atoms with E-state index < -0.39 is 6.10 Å². The summed E-state index contributed by atoms with van der Waals surface area (Å²) in [4.78, 5) is 11.8. The highest BCUT2D eigenvalue weighted by molar-refractivity contribution is 6.35. The van der Waals surface area contributed by atoms with Gasteiger partial charge in [0.15, 0.2) is 6.10 Å². The van der Waals surface area contributed by atoms with E-state index >= 15 is 0 Å². The molecule has 0 N–H and O–H groups in total. The number of ether oxygens (including phenoxy) is 2. The summed E-state index contributed by atoms with van der Waals surface area (Å²) in [6.07, 6.45) is 1.71. The van der Waals surface area contributed by atoms with Crippen molar-refractivity contribution in [2.75, 3.05) is 6.61 Å². The molecule has 0 aliphatic heterocycles. The molecule has 1 aromatic carbocycles. The molecule has 0 radical (unpaired) electrons. The Kier molecular flexibility index (Phi) is 7.03. The van der Waals surface area contributed by atoms with Crippen LogP contribution in [0.2, 0.25) is 10.0 Å². The lowest BCUT2D eigenvalue weighted by atomic mass is 10.2. The zero-order valence-electron chi connectivity index (χ0n) is 11.1. The van der Waals surface area contributed by atoms with E-state index in [4.69, 9.17) is 32.7 Å². The van der Waals surface area contributed by atoms with Gasteiger partial charge >= 0.3 is 5.97 Å². The van der Waals surface area contributed by atoms with Crippen LogP contribution < -0.4 is 4.74 Å². The Balaban J connectivity index is 2.62. The summed E-state index contributed by atoms with van der Waals surface area (Å²) in [7, 11) is 0. The summed E-state index contributed by atoms with van der Waals surface area (Å²) >= 11 is 11.8. The van der Waals surface area contributed by atoms with Crippen LogP contribution in [0.5, 0.6) is 5.75 Å². The highest BCUT2D eigenvalue weighted by Crippen LogP contribution is 2.28. The summed E-state index contributed by atoms with van der Waals surface area (Å²) in [5.41, 5.74) is 0. The molecular formula is C14H18Cl2O3. The number of carbonyl (C=O) groups excluding carboxylic acids is 1. The molecular weight excluding hydrogens is 287 g/mol. The van der Waals surface area contributed by atoms with Gasteiger partial charge in [0.05, 0.1) is 11.6 Å². The van der Waals surface area contributed by atoms with E-state index in [0.29, 0.717) is 28.8 Å². The Labute approximate surface area is 123 Å². The van der Waals surface area contributed by atoms with Gasteiger partial charge in [0.25, 0.3) is 0 Å². The summed E-state index contributed by atoms with van der Waals surface area (Å²) in [6.45, 7) is 4.31. The maximum absolute atomic E-state index is 11.8. The topological polar surface area (TPSA) is 35.5 Å². The lowest BCUT2D eigenvalue weighted by Crippen LogP contribution is -2.29. The van der Waals surface area contributed by atoms with E-state index in [1.54, 1.807) is 18.2 Å². The van der Waals surface area contributed by atoms with Crippen molar-refractivity contribution in [2.45, 2.75) is 39.2 Å². The molecule has 0 heterocycles. The van der Waals surface area contributed by atoms with Crippen LogP contribution in [-0.4, -0.2) is 18.7 Å². The number of halogens is 2. The molecule has 0 spiro atoms. The summed E-state index contributed by atoms with van der Waals surface area (Å²) in [6, 6.07) is 4.89. The zero-order valence-corrected chi connectivity index (χ0v) is 12.6. The summed E-state index contributed by atoms with van der Waals surface area (Å²) in [5.74, 6) is 0.0762. The van der Waals surface area contributed by atoms with Gasteiger partial charge in [-0.1, -0.05) is 43.5 Å². The fraction of sp³-hybridized carbons (Fsp3) is 0.500. The molecule has 1 rings (SSSR count). The number of esters is 1. The first-order valence-corrected chi connectivity index (χ1v) is 7.12. The largest absolute Gasteiger partial charge is 0.477 e. The van der Waals surface area contributed by atoms with Gasteiger partial charge in [-0.15, -0.1) is 0 Å². The smallest absolute Gasteiger partial charge is 0.347 e. The van der Waals surface area contributed by atoms with Gasteiger partial charge in [0.1, 0.15) is 5.75 Å². The first-order chi connectivity index (χ1) is 9.08. The van der Waals surface area contributed by atoms with E-state index in [-0.39, 0.29) is 5.97 Å². The number of unbranched alkanes of at least 4 members (excludes halogenated alkanes) is 1. The quantitative estimate of drug-likeness (QED) is 0.550. The minimum absolute atomic E-state index is 0.359. The van der Waals surface area contributed by atoms with E-state index in [2.05, 4.69) is 0 Å². The molecule has 0 bridgehead atoms. The Bertz CT molecular complexity index is 421. The van der Waals surface area contributed by atoms with Crippen LogP contribution in [0.3, 0.4) is 0 Å². The van der Waals surface area contributed by atoms with Gasteiger partial charge in [0, 0.05) is 5.02 Å². The van der Waals surface area contributed by atoms with Gasteiger partial charge in [-0.05, 0) is 31.0 Å². The SMILES string of the molecule is CCCCOC(=O)C(CC)Oc1ccc(Cl)cc1Cl. The van der Waals surface area contributed by atoms with E-state index in [1.165, 1.54) is 0 Å². The molecule has 0 aromatic heterocycles. The van der Waals surface area contributed by atoms with Crippen molar-refractivity contribution in [1.29, 1.82) is 0 Å². The van der Waals surface area contributed by atoms with Crippen molar-refractivity contribution in [3.05, 3.63) is 28.2 Å². The fourth-order valence-corrected chi connectivity index (χ4v) is 1.89. The highest BCUT2D eigenvalue weighted by atomic mass is 35.5. The van der Waals surface area contributed by atoms with E-state index in [1.807, 2.05) is 13.8 Å². The lowest BCUT2D eigenvalue weighted by Gasteiger charge is -2.17. The molecule has 0 saturated carbocycles. The molecule has 106 valence electrons. The van der Waals surface area contributed by atoms with Crippen LogP contribution >= 0.6 is 23.2 Å². The average Bonchev–Trinajstić information content (AvgIpc) is 2.38. The monoisotopic (exact) mass is 304 g/mol. The van der Waals surface area contributed by atoms with Crippen molar-refractivity contribution in [3.63, 3.8) is 0 Å². The van der Waals surface area contributed by atoms with Gasteiger partial charge in [-0.25, -0.2) is 4.79 Å². The second-order valence-electron chi connectivity index (χ2n) is 4.11. The maximum Gasteiger partial charge on any atom is 0.347 e. The van der Waals surface area contributed by atoms with Gasteiger partial charge in [0.2, 0.25) is 0 Å². The number of benzene rings is 1. The Morgan fingerprint density at radius 3 is 2.63 bits per heavy atom. The molecule has 0 fully saturated rings. The molecule has 0 saturated heterocycles. The number of hydrogen-bond donors (Lipinski definition) is 0. The minimum Gasteiger partial charge on any atom is -0.477 e. The van der Waals surface area contributed by atoms with Crippen molar-refractivity contribution in [1.82, 2.24) is 0 Å². The molecule has 0 aliphatic carbocycles. The van der Waals surface area contributed by atoms with Crippen molar-refractivity contribution in [3.8, 4) is 5.75 Å². The average molecular weight is 305 g/mol. The van der Waals surface area contributed by atoms with Gasteiger partial charge in [-0.2, -0.15) is 0 Å². The molecule has 0 amide bonds. The van der Waals surface area contributed by atoms with Crippen LogP contribution in [0.1, 0.15) is 33.1 Å². The normalized spacial score (nSPS) is 12.0. The molecule has 1 unspecified atom stereocenters. The predicted octanol–water partition coefficient (Wildman–Crippen LogP) is 4.49. The molecule has 3 nitrogen and oxygen atoms in total. The van der Waals surface area contributed by atoms with Crippen LogP contribution in [0.15, 0.2) is 18.2 Å². The molecule has 19 heavy (non-hydrogen) atoms.